The number of ether oxygens (including phenoxy) is 1. The minimum Gasteiger partial charge on any atom is -0.496 e. The number of piperidine rings is 2. The number of likely N-dealkylation sites (tertiary alicyclic amines) is 1. The maximum Gasteiger partial charge on any atom is 0.126 e. The first kappa shape index (κ1) is 20.5. The molecule has 2 aliphatic heterocycles. The molecule has 2 saturated heterocycles. The molecule has 0 bridgehead atoms. The first-order valence-corrected chi connectivity index (χ1v) is 7.96. The monoisotopic (exact) mass is 364 g/mol. The highest BCUT2D eigenvalue weighted by Crippen LogP contribution is 2.38. The molecule has 132 valence electrons. The van der Waals surface area contributed by atoms with E-state index >= 15 is 0 Å². The van der Waals surface area contributed by atoms with Crippen molar-refractivity contribution in [2.24, 2.45) is 5.41 Å². The van der Waals surface area contributed by atoms with Gasteiger partial charge in [-0.1, -0.05) is 6.07 Å². The molecule has 0 radical (unpaired) electrons. The van der Waals surface area contributed by atoms with E-state index in [1.54, 1.807) is 7.11 Å². The van der Waals surface area contributed by atoms with Crippen LogP contribution in [-0.2, 0) is 6.54 Å². The molecule has 0 saturated carbocycles. The highest BCUT2D eigenvalue weighted by molar-refractivity contribution is 5.85. The van der Waals surface area contributed by atoms with Gasteiger partial charge in [0.25, 0.3) is 0 Å². The van der Waals surface area contributed by atoms with E-state index in [0.717, 1.165) is 38.3 Å². The van der Waals surface area contributed by atoms with Crippen LogP contribution in [0.5, 0.6) is 5.75 Å². The zero-order valence-corrected chi connectivity index (χ0v) is 15.3. The minimum absolute atomic E-state index is 0. The van der Waals surface area contributed by atoms with Gasteiger partial charge in [-0.25, -0.2) is 4.39 Å². The van der Waals surface area contributed by atoms with Crippen LogP contribution in [0.2, 0.25) is 0 Å². The Labute approximate surface area is 150 Å². The van der Waals surface area contributed by atoms with Crippen LogP contribution in [0, 0.1) is 11.2 Å². The molecular formula is C17H27Cl2FN2O. The van der Waals surface area contributed by atoms with Crippen molar-refractivity contribution in [3.05, 3.63) is 29.6 Å². The predicted molar refractivity (Wildman–Crippen MR) is 96.5 cm³/mol. The third-order valence-corrected chi connectivity index (χ3v) is 5.05. The maximum absolute atomic E-state index is 13.3. The van der Waals surface area contributed by atoms with Gasteiger partial charge in [-0.3, -0.25) is 4.90 Å². The van der Waals surface area contributed by atoms with E-state index in [0.29, 0.717) is 11.2 Å². The van der Waals surface area contributed by atoms with E-state index in [4.69, 9.17) is 4.74 Å². The van der Waals surface area contributed by atoms with Crippen LogP contribution >= 0.6 is 24.8 Å². The summed E-state index contributed by atoms with van der Waals surface area (Å²) >= 11 is 0. The van der Waals surface area contributed by atoms with E-state index < -0.39 is 0 Å². The number of hydrogen-bond acceptors (Lipinski definition) is 3. The summed E-state index contributed by atoms with van der Waals surface area (Å²) in [5.74, 6) is 0.434. The van der Waals surface area contributed by atoms with E-state index in [9.17, 15) is 4.39 Å². The molecule has 1 aromatic carbocycles. The van der Waals surface area contributed by atoms with Gasteiger partial charge in [0.05, 0.1) is 7.11 Å². The quantitative estimate of drug-likeness (QED) is 0.885. The lowest BCUT2D eigenvalue weighted by Gasteiger charge is -2.45. The van der Waals surface area contributed by atoms with E-state index in [1.807, 2.05) is 6.07 Å². The van der Waals surface area contributed by atoms with Gasteiger partial charge in [-0.05, 0) is 56.8 Å². The van der Waals surface area contributed by atoms with Crippen molar-refractivity contribution in [1.29, 1.82) is 0 Å². The van der Waals surface area contributed by atoms with Gasteiger partial charge in [0.1, 0.15) is 11.6 Å². The number of rotatable bonds is 3. The average molecular weight is 365 g/mol. The first-order chi connectivity index (χ1) is 10.2. The Morgan fingerprint density at radius 2 is 1.96 bits per heavy atom. The van der Waals surface area contributed by atoms with Crippen LogP contribution in [-0.4, -0.2) is 38.2 Å². The van der Waals surface area contributed by atoms with Crippen molar-refractivity contribution in [2.45, 2.75) is 32.2 Å². The third-order valence-electron chi connectivity index (χ3n) is 5.05. The van der Waals surface area contributed by atoms with Crippen molar-refractivity contribution >= 4 is 24.8 Å². The number of methoxy groups -OCH3 is 1. The lowest BCUT2D eigenvalue weighted by molar-refractivity contribution is 0.0547. The fourth-order valence-corrected chi connectivity index (χ4v) is 3.90. The molecule has 6 heteroatoms. The van der Waals surface area contributed by atoms with Crippen molar-refractivity contribution in [1.82, 2.24) is 10.2 Å². The molecule has 0 aliphatic carbocycles. The summed E-state index contributed by atoms with van der Waals surface area (Å²) < 4.78 is 18.6. The molecule has 2 aliphatic rings. The van der Waals surface area contributed by atoms with E-state index in [-0.39, 0.29) is 30.6 Å². The van der Waals surface area contributed by atoms with Gasteiger partial charge in [-0.15, -0.1) is 24.8 Å². The Morgan fingerprint density at radius 1 is 1.22 bits per heavy atom. The van der Waals surface area contributed by atoms with Crippen molar-refractivity contribution in [2.75, 3.05) is 33.3 Å². The van der Waals surface area contributed by atoms with Crippen LogP contribution in [0.3, 0.4) is 0 Å². The van der Waals surface area contributed by atoms with Crippen LogP contribution in [0.25, 0.3) is 0 Å². The number of benzene rings is 1. The average Bonchev–Trinajstić information content (AvgIpc) is 2.50. The normalized spacial score (nSPS) is 20.4. The largest absolute Gasteiger partial charge is 0.496 e. The Kier molecular flexibility index (Phi) is 8.08. The second-order valence-electron chi connectivity index (χ2n) is 6.52. The van der Waals surface area contributed by atoms with Crippen molar-refractivity contribution in [3.8, 4) is 5.75 Å². The van der Waals surface area contributed by atoms with Crippen LogP contribution in [0.15, 0.2) is 18.2 Å². The molecule has 23 heavy (non-hydrogen) atoms. The second-order valence-corrected chi connectivity index (χ2v) is 6.52. The lowest BCUT2D eigenvalue weighted by Crippen LogP contribution is -2.48. The second kappa shape index (κ2) is 9.07. The molecule has 1 aromatic rings. The first-order valence-electron chi connectivity index (χ1n) is 7.96. The van der Waals surface area contributed by atoms with Gasteiger partial charge in [0, 0.05) is 24.7 Å². The van der Waals surface area contributed by atoms with Gasteiger partial charge in [-0.2, -0.15) is 0 Å². The molecule has 1 spiro atoms. The Hall–Kier alpha value is -0.550. The summed E-state index contributed by atoms with van der Waals surface area (Å²) in [6.45, 7) is 5.45. The third kappa shape index (κ3) is 4.96. The Bertz CT molecular complexity index is 490. The zero-order chi connectivity index (χ0) is 14.7. The molecule has 3 nitrogen and oxygen atoms in total. The standard InChI is InChI=1S/C17H25FN2O.2ClH/c1-21-16-11-15(18)4-3-14(16)12-20-10-2-5-17(13-20)6-8-19-9-7-17;;/h3-4,11,19H,2,5-10,12-13H2,1H3;2*1H. The predicted octanol–water partition coefficient (Wildman–Crippen LogP) is 3.64. The SMILES string of the molecule is COc1cc(F)ccc1CN1CCCC2(CCNCC2)C1.Cl.Cl. The number of nitrogens with zero attached hydrogens (tertiary/aromatic N) is 1. The lowest BCUT2D eigenvalue weighted by atomic mass is 9.73. The van der Waals surface area contributed by atoms with Gasteiger partial charge < -0.3 is 10.1 Å². The van der Waals surface area contributed by atoms with Gasteiger partial charge in [0.15, 0.2) is 0 Å². The topological polar surface area (TPSA) is 24.5 Å². The number of nitrogens with one attached hydrogen (secondary N) is 1. The molecule has 1 N–H and O–H groups in total. The Morgan fingerprint density at radius 3 is 2.65 bits per heavy atom. The smallest absolute Gasteiger partial charge is 0.126 e. The highest BCUT2D eigenvalue weighted by Gasteiger charge is 2.36. The fourth-order valence-electron chi connectivity index (χ4n) is 3.90. The van der Waals surface area contributed by atoms with Gasteiger partial charge >= 0.3 is 0 Å². The summed E-state index contributed by atoms with van der Waals surface area (Å²) in [5, 5.41) is 3.47. The summed E-state index contributed by atoms with van der Waals surface area (Å²) in [5.41, 5.74) is 1.58. The number of halogens is 3. The minimum atomic E-state index is -0.232. The zero-order valence-electron chi connectivity index (χ0n) is 13.6. The molecular weight excluding hydrogens is 338 g/mol. The fraction of sp³-hybridized carbons (Fsp3) is 0.647. The molecule has 2 heterocycles. The highest BCUT2D eigenvalue weighted by atomic mass is 35.5. The molecule has 0 amide bonds. The summed E-state index contributed by atoms with van der Waals surface area (Å²) in [7, 11) is 1.61. The number of hydrogen-bond donors (Lipinski definition) is 1. The van der Waals surface area contributed by atoms with Crippen LogP contribution in [0.1, 0.15) is 31.2 Å². The Balaban J connectivity index is 0.00000132. The molecule has 2 fully saturated rings. The van der Waals surface area contributed by atoms with Gasteiger partial charge in [0.2, 0.25) is 0 Å². The summed E-state index contributed by atoms with van der Waals surface area (Å²) in [6, 6.07) is 4.87. The van der Waals surface area contributed by atoms with E-state index in [2.05, 4.69) is 10.2 Å². The van der Waals surface area contributed by atoms with E-state index in [1.165, 1.54) is 37.8 Å². The van der Waals surface area contributed by atoms with Crippen LogP contribution < -0.4 is 10.1 Å². The molecule has 0 atom stereocenters. The molecule has 3 rings (SSSR count). The molecule has 0 aromatic heterocycles. The molecule has 0 unspecified atom stereocenters. The van der Waals surface area contributed by atoms with Crippen molar-refractivity contribution in [3.63, 3.8) is 0 Å². The summed E-state index contributed by atoms with van der Waals surface area (Å²) in [4.78, 5) is 2.52. The van der Waals surface area contributed by atoms with Crippen LogP contribution in [0.4, 0.5) is 4.39 Å². The summed E-state index contributed by atoms with van der Waals surface area (Å²) in [6.07, 6.45) is 5.18. The maximum atomic E-state index is 13.3. The van der Waals surface area contributed by atoms with Crippen molar-refractivity contribution < 1.29 is 9.13 Å².